The zero-order valence-corrected chi connectivity index (χ0v) is 11.2. The summed E-state index contributed by atoms with van der Waals surface area (Å²) in [6.45, 7) is 2.10. The molecule has 1 saturated carbocycles. The molecule has 0 N–H and O–H groups in total. The van der Waals surface area contributed by atoms with Crippen LogP contribution in [-0.4, -0.2) is 6.29 Å². The summed E-state index contributed by atoms with van der Waals surface area (Å²) in [6, 6.07) is 17.3. The van der Waals surface area contributed by atoms with Gasteiger partial charge in [-0.2, -0.15) is 0 Å². The highest BCUT2D eigenvalue weighted by Crippen LogP contribution is 2.39. The van der Waals surface area contributed by atoms with Crippen LogP contribution in [0.15, 0.2) is 48.5 Å². The summed E-state index contributed by atoms with van der Waals surface area (Å²) in [4.78, 5) is 10.6. The predicted octanol–water partition coefficient (Wildman–Crippen LogP) is 4.04. The minimum Gasteiger partial charge on any atom is -0.303 e. The topological polar surface area (TPSA) is 17.1 Å². The standard InChI is InChI=1S/C18H18O/c1-13-2-6-15(7-3-13)16-8-4-14(5-9-16)10-17-11-18(17)12-19/h2-9,12,17-18H,10-11H2,1H3/t17-,18+/m1/s1. The third-order valence-electron chi connectivity index (χ3n) is 3.99. The lowest BCUT2D eigenvalue weighted by atomic mass is 10.0. The molecular formula is C18H18O. The highest BCUT2D eigenvalue weighted by Gasteiger charge is 2.36. The lowest BCUT2D eigenvalue weighted by molar-refractivity contribution is -0.109. The number of hydrogen-bond donors (Lipinski definition) is 0. The maximum atomic E-state index is 10.6. The molecule has 0 unspecified atom stereocenters. The van der Waals surface area contributed by atoms with Crippen molar-refractivity contribution in [3.63, 3.8) is 0 Å². The van der Waals surface area contributed by atoms with Crippen LogP contribution in [0, 0.1) is 18.8 Å². The average molecular weight is 250 g/mol. The minimum atomic E-state index is 0.316. The van der Waals surface area contributed by atoms with Crippen LogP contribution >= 0.6 is 0 Å². The van der Waals surface area contributed by atoms with Gasteiger partial charge in [0.15, 0.2) is 0 Å². The lowest BCUT2D eigenvalue weighted by Crippen LogP contribution is -1.91. The predicted molar refractivity (Wildman–Crippen MR) is 78.0 cm³/mol. The van der Waals surface area contributed by atoms with E-state index in [1.807, 2.05) is 0 Å². The molecule has 2 aromatic rings. The maximum absolute atomic E-state index is 10.6. The Balaban J connectivity index is 1.72. The first kappa shape index (κ1) is 12.2. The van der Waals surface area contributed by atoms with Gasteiger partial charge in [0.25, 0.3) is 0 Å². The second kappa shape index (κ2) is 5.00. The molecule has 0 amide bonds. The quantitative estimate of drug-likeness (QED) is 0.748. The molecule has 1 aliphatic rings. The summed E-state index contributed by atoms with van der Waals surface area (Å²) in [6.07, 6.45) is 3.21. The molecule has 96 valence electrons. The highest BCUT2D eigenvalue weighted by molar-refractivity contribution is 5.64. The molecule has 1 aliphatic carbocycles. The molecule has 2 aromatic carbocycles. The van der Waals surface area contributed by atoms with Gasteiger partial charge in [-0.15, -0.1) is 0 Å². The molecule has 19 heavy (non-hydrogen) atoms. The molecule has 0 aromatic heterocycles. The van der Waals surface area contributed by atoms with Crippen LogP contribution in [-0.2, 0) is 11.2 Å². The van der Waals surface area contributed by atoms with E-state index < -0.39 is 0 Å². The van der Waals surface area contributed by atoms with E-state index in [-0.39, 0.29) is 0 Å². The van der Waals surface area contributed by atoms with Gasteiger partial charge < -0.3 is 4.79 Å². The Morgan fingerprint density at radius 2 is 1.58 bits per heavy atom. The van der Waals surface area contributed by atoms with E-state index in [1.54, 1.807) is 0 Å². The Labute approximate surface area is 114 Å². The van der Waals surface area contributed by atoms with E-state index in [4.69, 9.17) is 0 Å². The van der Waals surface area contributed by atoms with Crippen molar-refractivity contribution in [1.82, 2.24) is 0 Å². The zero-order chi connectivity index (χ0) is 13.2. The number of carbonyl (C=O) groups is 1. The Hall–Kier alpha value is -1.89. The van der Waals surface area contributed by atoms with E-state index in [2.05, 4.69) is 55.5 Å². The number of aryl methyl sites for hydroxylation is 1. The maximum Gasteiger partial charge on any atom is 0.123 e. The van der Waals surface area contributed by atoms with Crippen LogP contribution in [0.1, 0.15) is 17.5 Å². The largest absolute Gasteiger partial charge is 0.303 e. The molecule has 0 bridgehead atoms. The van der Waals surface area contributed by atoms with E-state index in [0.29, 0.717) is 11.8 Å². The summed E-state index contributed by atoms with van der Waals surface area (Å²) in [5.41, 5.74) is 5.14. The first-order chi connectivity index (χ1) is 9.26. The third kappa shape index (κ3) is 2.76. The normalized spacial score (nSPS) is 21.1. The van der Waals surface area contributed by atoms with Gasteiger partial charge >= 0.3 is 0 Å². The molecule has 0 spiro atoms. The van der Waals surface area contributed by atoms with Crippen molar-refractivity contribution in [3.05, 3.63) is 59.7 Å². The van der Waals surface area contributed by atoms with Crippen LogP contribution in [0.4, 0.5) is 0 Å². The molecule has 1 nitrogen and oxygen atoms in total. The number of benzene rings is 2. The van der Waals surface area contributed by atoms with E-state index >= 15 is 0 Å². The van der Waals surface area contributed by atoms with Gasteiger partial charge in [-0.1, -0.05) is 54.1 Å². The second-order valence-electron chi connectivity index (χ2n) is 5.56. The van der Waals surface area contributed by atoms with Crippen LogP contribution in [0.2, 0.25) is 0 Å². The monoisotopic (exact) mass is 250 g/mol. The van der Waals surface area contributed by atoms with Crippen LogP contribution in [0.5, 0.6) is 0 Å². The number of hydrogen-bond acceptors (Lipinski definition) is 1. The minimum absolute atomic E-state index is 0.316. The third-order valence-corrected chi connectivity index (χ3v) is 3.99. The summed E-state index contributed by atoms with van der Waals surface area (Å²) < 4.78 is 0. The van der Waals surface area contributed by atoms with Crippen LogP contribution < -0.4 is 0 Å². The summed E-state index contributed by atoms with van der Waals surface area (Å²) >= 11 is 0. The van der Waals surface area contributed by atoms with Gasteiger partial charge in [-0.05, 0) is 42.4 Å². The Kier molecular flexibility index (Phi) is 3.20. The molecule has 2 atom stereocenters. The van der Waals surface area contributed by atoms with Crippen LogP contribution in [0.3, 0.4) is 0 Å². The number of carbonyl (C=O) groups excluding carboxylic acids is 1. The van der Waals surface area contributed by atoms with Crippen molar-refractivity contribution in [2.75, 3.05) is 0 Å². The smallest absolute Gasteiger partial charge is 0.123 e. The molecule has 1 heteroatoms. The summed E-state index contributed by atoms with van der Waals surface area (Å²) in [5.74, 6) is 0.902. The van der Waals surface area contributed by atoms with Gasteiger partial charge in [-0.25, -0.2) is 0 Å². The van der Waals surface area contributed by atoms with Gasteiger partial charge in [0.1, 0.15) is 6.29 Å². The Morgan fingerprint density at radius 1 is 1.00 bits per heavy atom. The van der Waals surface area contributed by atoms with Crippen molar-refractivity contribution in [3.8, 4) is 11.1 Å². The molecule has 0 heterocycles. The average Bonchev–Trinajstić information content (AvgIpc) is 3.19. The first-order valence-electron chi connectivity index (χ1n) is 6.87. The lowest BCUT2D eigenvalue weighted by Gasteiger charge is -2.04. The van der Waals surface area contributed by atoms with Crippen molar-refractivity contribution in [2.24, 2.45) is 11.8 Å². The van der Waals surface area contributed by atoms with Gasteiger partial charge in [-0.3, -0.25) is 0 Å². The Bertz CT molecular complexity index is 566. The van der Waals surface area contributed by atoms with Crippen LogP contribution in [0.25, 0.3) is 11.1 Å². The summed E-state index contributed by atoms with van der Waals surface area (Å²) in [7, 11) is 0. The fourth-order valence-electron chi connectivity index (χ4n) is 2.55. The van der Waals surface area contributed by atoms with Gasteiger partial charge in [0, 0.05) is 5.92 Å². The van der Waals surface area contributed by atoms with Gasteiger partial charge in [0.2, 0.25) is 0 Å². The SMILES string of the molecule is Cc1ccc(-c2ccc(C[C@@H]3C[C@H]3C=O)cc2)cc1. The highest BCUT2D eigenvalue weighted by atomic mass is 16.1. The number of aldehydes is 1. The molecule has 1 fully saturated rings. The zero-order valence-electron chi connectivity index (χ0n) is 11.2. The fourth-order valence-corrected chi connectivity index (χ4v) is 2.55. The second-order valence-corrected chi connectivity index (χ2v) is 5.56. The molecular weight excluding hydrogens is 232 g/mol. The van der Waals surface area contributed by atoms with Crippen molar-refractivity contribution in [2.45, 2.75) is 19.8 Å². The Morgan fingerprint density at radius 3 is 2.11 bits per heavy atom. The first-order valence-corrected chi connectivity index (χ1v) is 6.87. The van der Waals surface area contributed by atoms with Crippen molar-refractivity contribution >= 4 is 6.29 Å². The molecule has 0 aliphatic heterocycles. The fraction of sp³-hybridized carbons (Fsp3) is 0.278. The van der Waals surface area contributed by atoms with Crippen molar-refractivity contribution < 1.29 is 4.79 Å². The van der Waals surface area contributed by atoms with E-state index in [1.165, 1.54) is 22.3 Å². The molecule has 3 rings (SSSR count). The van der Waals surface area contributed by atoms with Crippen molar-refractivity contribution in [1.29, 1.82) is 0 Å². The number of rotatable bonds is 4. The van der Waals surface area contributed by atoms with E-state index in [9.17, 15) is 4.79 Å². The van der Waals surface area contributed by atoms with E-state index in [0.717, 1.165) is 19.1 Å². The molecule has 0 saturated heterocycles. The van der Waals surface area contributed by atoms with Gasteiger partial charge in [0.05, 0.1) is 0 Å². The summed E-state index contributed by atoms with van der Waals surface area (Å²) in [5, 5.41) is 0. The molecule has 0 radical (unpaired) electrons.